The molecule has 190 valence electrons. The number of ketones is 1. The smallest absolute Gasteiger partial charge is 0.320 e. The van der Waals surface area contributed by atoms with Gasteiger partial charge in [0.15, 0.2) is 5.78 Å². The Kier molecular flexibility index (Phi) is 5.32. The molecular formula is C30H28N6O2. The number of aromatic nitrogens is 3. The third-order valence-corrected chi connectivity index (χ3v) is 8.23. The zero-order valence-corrected chi connectivity index (χ0v) is 21.2. The average Bonchev–Trinajstić information content (AvgIpc) is 3.61. The molecule has 38 heavy (non-hydrogen) atoms. The minimum atomic E-state index is 0.0881. The Morgan fingerprint density at radius 1 is 1.00 bits per heavy atom. The van der Waals surface area contributed by atoms with Crippen LogP contribution in [0.25, 0.3) is 27.7 Å². The molecule has 2 amide bonds. The number of nitriles is 1. The molecule has 2 aliphatic heterocycles. The second kappa shape index (κ2) is 8.88. The van der Waals surface area contributed by atoms with Gasteiger partial charge in [0.2, 0.25) is 0 Å². The van der Waals surface area contributed by atoms with Gasteiger partial charge in [-0.05, 0) is 61.1 Å². The first-order valence-corrected chi connectivity index (χ1v) is 13.4. The molecule has 0 bridgehead atoms. The summed E-state index contributed by atoms with van der Waals surface area (Å²) in [6.45, 7) is 3.37. The van der Waals surface area contributed by atoms with E-state index in [2.05, 4.69) is 21.8 Å². The van der Waals surface area contributed by atoms with Gasteiger partial charge in [-0.15, -0.1) is 0 Å². The number of amides is 2. The number of urea groups is 1. The number of carbonyl (C=O) groups excluding carboxylic acids is 2. The standard InChI is InChI=1S/C30H28N6O2/c31-16-20-14-21-18-35(30(38)33-9-3-1-4-10-33)13-12-34-19-24(23(15-20)29(21)34)22-7-8-26(37)28(22)25-17-32-27-6-2-5-11-36(25)27/h2,5-6,11,14-15,17,19H,1,3-4,7-10,12-13,18H2. The number of pyridine rings is 1. The number of allylic oxidation sites excluding steroid dienone is 2. The van der Waals surface area contributed by atoms with Crippen molar-refractivity contribution >= 4 is 39.5 Å². The van der Waals surface area contributed by atoms with Crippen molar-refractivity contribution in [3.05, 3.63) is 71.3 Å². The molecule has 5 heterocycles. The summed E-state index contributed by atoms with van der Waals surface area (Å²) in [6, 6.07) is 12.1. The molecule has 1 aliphatic carbocycles. The van der Waals surface area contributed by atoms with Crippen LogP contribution in [0.1, 0.15) is 54.5 Å². The number of imidazole rings is 1. The topological polar surface area (TPSA) is 86.6 Å². The SMILES string of the molecule is N#Cc1cc2c3c(c1)c(C1=C(c4cnc5ccccn45)C(=O)CC1)cn3CCN(C(=O)N1CCCCC1)C2. The van der Waals surface area contributed by atoms with Gasteiger partial charge in [0.1, 0.15) is 5.65 Å². The average molecular weight is 505 g/mol. The summed E-state index contributed by atoms with van der Waals surface area (Å²) in [7, 11) is 0. The van der Waals surface area contributed by atoms with Gasteiger partial charge in [-0.2, -0.15) is 5.26 Å². The normalized spacial score (nSPS) is 17.9. The zero-order chi connectivity index (χ0) is 25.8. The second-order valence-corrected chi connectivity index (χ2v) is 10.5. The van der Waals surface area contributed by atoms with E-state index in [1.807, 2.05) is 50.7 Å². The van der Waals surface area contributed by atoms with E-state index in [9.17, 15) is 14.9 Å². The van der Waals surface area contributed by atoms with Crippen molar-refractivity contribution in [3.63, 3.8) is 0 Å². The van der Waals surface area contributed by atoms with E-state index in [1.54, 1.807) is 6.20 Å². The molecule has 0 saturated carbocycles. The summed E-state index contributed by atoms with van der Waals surface area (Å²) >= 11 is 0. The number of hydrogen-bond acceptors (Lipinski definition) is 4. The summed E-state index contributed by atoms with van der Waals surface area (Å²) in [5.74, 6) is 0.119. The summed E-state index contributed by atoms with van der Waals surface area (Å²) in [5.41, 5.74) is 6.94. The minimum Gasteiger partial charge on any atom is -0.345 e. The van der Waals surface area contributed by atoms with E-state index in [-0.39, 0.29) is 11.8 Å². The summed E-state index contributed by atoms with van der Waals surface area (Å²) in [4.78, 5) is 35.0. The van der Waals surface area contributed by atoms with Crippen LogP contribution in [0.15, 0.2) is 48.9 Å². The van der Waals surface area contributed by atoms with Crippen LogP contribution >= 0.6 is 0 Å². The van der Waals surface area contributed by atoms with Crippen LogP contribution in [0.4, 0.5) is 4.79 Å². The van der Waals surface area contributed by atoms with Crippen LogP contribution in [0.3, 0.4) is 0 Å². The first-order chi connectivity index (χ1) is 18.6. The minimum absolute atomic E-state index is 0.0881. The Hall–Kier alpha value is -4.38. The number of benzene rings is 1. The lowest BCUT2D eigenvalue weighted by Gasteiger charge is -2.32. The maximum Gasteiger partial charge on any atom is 0.320 e. The van der Waals surface area contributed by atoms with Crippen LogP contribution in [-0.2, 0) is 17.9 Å². The summed E-state index contributed by atoms with van der Waals surface area (Å²) < 4.78 is 4.18. The largest absolute Gasteiger partial charge is 0.345 e. The van der Waals surface area contributed by atoms with Crippen molar-refractivity contribution in [1.29, 1.82) is 5.26 Å². The van der Waals surface area contributed by atoms with Crippen molar-refractivity contribution in [2.24, 2.45) is 0 Å². The van der Waals surface area contributed by atoms with Crippen molar-refractivity contribution in [2.75, 3.05) is 19.6 Å². The molecule has 1 saturated heterocycles. The third kappa shape index (κ3) is 3.53. The van der Waals surface area contributed by atoms with Crippen molar-refractivity contribution in [3.8, 4) is 6.07 Å². The lowest BCUT2D eigenvalue weighted by Crippen LogP contribution is -2.45. The molecule has 4 aromatic rings. The lowest BCUT2D eigenvalue weighted by molar-refractivity contribution is -0.113. The van der Waals surface area contributed by atoms with Gasteiger partial charge >= 0.3 is 6.03 Å². The van der Waals surface area contributed by atoms with E-state index in [4.69, 9.17) is 0 Å². The number of piperidine rings is 1. The number of nitrogens with zero attached hydrogens (tertiary/aromatic N) is 6. The Labute approximate surface area is 220 Å². The zero-order valence-electron chi connectivity index (χ0n) is 21.2. The van der Waals surface area contributed by atoms with E-state index in [0.717, 1.165) is 64.9 Å². The fraction of sp³-hybridized carbons (Fsp3) is 0.333. The third-order valence-electron chi connectivity index (χ3n) is 8.23. The Balaban J connectivity index is 1.36. The van der Waals surface area contributed by atoms with Gasteiger partial charge in [-0.1, -0.05) is 6.07 Å². The van der Waals surface area contributed by atoms with Crippen LogP contribution in [0.5, 0.6) is 0 Å². The number of rotatable bonds is 2. The molecule has 1 fully saturated rings. The van der Waals surface area contributed by atoms with Crippen LogP contribution in [-0.4, -0.2) is 55.2 Å². The number of likely N-dealkylation sites (tertiary alicyclic amines) is 1. The fourth-order valence-corrected chi connectivity index (χ4v) is 6.43. The van der Waals surface area contributed by atoms with Crippen LogP contribution < -0.4 is 0 Å². The first kappa shape index (κ1) is 22.8. The number of fused-ring (bicyclic) bond motifs is 1. The molecule has 0 spiro atoms. The molecule has 0 radical (unpaired) electrons. The van der Waals surface area contributed by atoms with Crippen molar-refractivity contribution in [2.45, 2.75) is 45.2 Å². The Bertz CT molecular complexity index is 1690. The van der Waals surface area contributed by atoms with E-state index in [1.165, 1.54) is 6.42 Å². The van der Waals surface area contributed by atoms with Gasteiger partial charge in [-0.25, -0.2) is 9.78 Å². The summed E-state index contributed by atoms with van der Waals surface area (Å²) in [6.07, 6.45) is 10.3. The Morgan fingerprint density at radius 2 is 1.87 bits per heavy atom. The first-order valence-electron chi connectivity index (χ1n) is 13.4. The fourth-order valence-electron chi connectivity index (χ4n) is 6.43. The van der Waals surface area contributed by atoms with Gasteiger partial charge in [0.25, 0.3) is 0 Å². The monoisotopic (exact) mass is 504 g/mol. The molecule has 0 unspecified atom stereocenters. The van der Waals surface area contributed by atoms with Gasteiger partial charge < -0.3 is 14.4 Å². The maximum absolute atomic E-state index is 13.4. The highest BCUT2D eigenvalue weighted by Gasteiger charge is 2.32. The van der Waals surface area contributed by atoms with E-state index >= 15 is 0 Å². The summed E-state index contributed by atoms with van der Waals surface area (Å²) in [5, 5.41) is 10.9. The van der Waals surface area contributed by atoms with Crippen LogP contribution in [0, 0.1) is 11.3 Å². The highest BCUT2D eigenvalue weighted by Crippen LogP contribution is 2.42. The molecule has 7 rings (SSSR count). The Morgan fingerprint density at radius 3 is 2.71 bits per heavy atom. The number of carbonyl (C=O) groups is 2. The quantitative estimate of drug-likeness (QED) is 0.390. The molecule has 8 heteroatoms. The van der Waals surface area contributed by atoms with Gasteiger partial charge in [-0.3, -0.25) is 9.20 Å². The van der Waals surface area contributed by atoms with Gasteiger partial charge in [0.05, 0.1) is 29.0 Å². The van der Waals surface area contributed by atoms with Crippen LogP contribution in [0.2, 0.25) is 0 Å². The molecule has 8 nitrogen and oxygen atoms in total. The highest BCUT2D eigenvalue weighted by molar-refractivity contribution is 6.31. The maximum atomic E-state index is 13.4. The van der Waals surface area contributed by atoms with Gasteiger partial charge in [0, 0.05) is 68.1 Å². The van der Waals surface area contributed by atoms with E-state index in [0.29, 0.717) is 43.6 Å². The molecule has 0 N–H and O–H groups in total. The van der Waals surface area contributed by atoms with E-state index < -0.39 is 0 Å². The molecular weight excluding hydrogens is 476 g/mol. The predicted molar refractivity (Wildman–Crippen MR) is 144 cm³/mol. The molecule has 1 aromatic carbocycles. The molecule has 3 aliphatic rings. The van der Waals surface area contributed by atoms with Crippen molar-refractivity contribution in [1.82, 2.24) is 23.8 Å². The molecule has 0 atom stereocenters. The van der Waals surface area contributed by atoms with Crippen molar-refractivity contribution < 1.29 is 9.59 Å². The second-order valence-electron chi connectivity index (χ2n) is 10.5. The highest BCUT2D eigenvalue weighted by atomic mass is 16.2. The lowest BCUT2D eigenvalue weighted by atomic mass is 9.97. The predicted octanol–water partition coefficient (Wildman–Crippen LogP) is 4.86. The molecule has 3 aromatic heterocycles. The number of hydrogen-bond donors (Lipinski definition) is 0. The number of Topliss-reactive ketones (excluding diaryl/α,β-unsaturated/α-hetero) is 1.